The van der Waals surface area contributed by atoms with E-state index in [0.29, 0.717) is 22.3 Å². The van der Waals surface area contributed by atoms with Crippen LogP contribution in [0.25, 0.3) is 0 Å². The number of halogens is 3. The molecule has 0 radical (unpaired) electrons. The standard InChI is InChI=1S/C20H21F3N4O4/c1-4-30-19(29)26-16-15-9-27(18(28)14(15)5-6-24-16)12(3)13-7-11(2)17(25-8-13)31-10-20(21,22)23/h5-8,12H,4,9-10H2,1-3H3,(H,24,26,29). The first kappa shape index (κ1) is 22.3. The maximum atomic E-state index is 12.9. The highest BCUT2D eigenvalue weighted by molar-refractivity contribution is 6.01. The average molecular weight is 438 g/mol. The summed E-state index contributed by atoms with van der Waals surface area (Å²) in [5, 5.41) is 2.53. The van der Waals surface area contributed by atoms with E-state index in [1.807, 2.05) is 0 Å². The van der Waals surface area contributed by atoms with Crippen LogP contribution < -0.4 is 10.1 Å². The zero-order valence-electron chi connectivity index (χ0n) is 17.1. The van der Waals surface area contributed by atoms with Crippen molar-refractivity contribution >= 4 is 17.8 Å². The SMILES string of the molecule is CCOC(=O)Nc1nccc2c1CN(C(C)c1cnc(OCC(F)(F)F)c(C)c1)C2=O. The van der Waals surface area contributed by atoms with Gasteiger partial charge in [-0.3, -0.25) is 10.1 Å². The predicted octanol–water partition coefficient (Wildman–Crippen LogP) is 4.01. The summed E-state index contributed by atoms with van der Waals surface area (Å²) in [4.78, 5) is 34.3. The molecule has 0 spiro atoms. The minimum absolute atomic E-state index is 0.116. The third-order valence-corrected chi connectivity index (χ3v) is 4.75. The summed E-state index contributed by atoms with van der Waals surface area (Å²) in [5.74, 6) is -0.134. The van der Waals surface area contributed by atoms with Crippen LogP contribution in [0.4, 0.5) is 23.8 Å². The van der Waals surface area contributed by atoms with Gasteiger partial charge in [0.1, 0.15) is 5.82 Å². The highest BCUT2D eigenvalue weighted by Crippen LogP contribution is 2.34. The number of amides is 2. The van der Waals surface area contributed by atoms with Crippen molar-refractivity contribution in [2.45, 2.75) is 39.5 Å². The van der Waals surface area contributed by atoms with Crippen molar-refractivity contribution in [2.24, 2.45) is 0 Å². The van der Waals surface area contributed by atoms with E-state index in [4.69, 9.17) is 9.47 Å². The van der Waals surface area contributed by atoms with Gasteiger partial charge >= 0.3 is 12.3 Å². The quantitative estimate of drug-likeness (QED) is 0.733. The molecule has 8 nitrogen and oxygen atoms in total. The van der Waals surface area contributed by atoms with Crippen molar-refractivity contribution in [3.63, 3.8) is 0 Å². The van der Waals surface area contributed by atoms with Crippen molar-refractivity contribution in [1.29, 1.82) is 0 Å². The number of aromatic nitrogens is 2. The first-order chi connectivity index (χ1) is 14.6. The van der Waals surface area contributed by atoms with E-state index in [0.717, 1.165) is 0 Å². The molecule has 0 fully saturated rings. The third-order valence-electron chi connectivity index (χ3n) is 4.75. The van der Waals surface area contributed by atoms with Gasteiger partial charge in [-0.1, -0.05) is 0 Å². The molecular weight excluding hydrogens is 417 g/mol. The minimum atomic E-state index is -4.46. The largest absolute Gasteiger partial charge is 0.468 e. The number of fused-ring (bicyclic) bond motifs is 1. The molecule has 2 amide bonds. The number of alkyl halides is 3. The molecule has 1 aliphatic rings. The van der Waals surface area contributed by atoms with Crippen molar-refractivity contribution in [2.75, 3.05) is 18.5 Å². The summed E-state index contributed by atoms with van der Waals surface area (Å²) in [6.07, 6.45) is -2.32. The smallest absolute Gasteiger partial charge is 0.422 e. The second kappa shape index (κ2) is 8.78. The van der Waals surface area contributed by atoms with Crippen molar-refractivity contribution in [3.8, 4) is 5.88 Å². The molecule has 1 aliphatic heterocycles. The van der Waals surface area contributed by atoms with Gasteiger partial charge < -0.3 is 14.4 Å². The number of pyridine rings is 2. The number of aryl methyl sites for hydroxylation is 1. The fraction of sp³-hybridized carbons (Fsp3) is 0.400. The van der Waals surface area contributed by atoms with Gasteiger partial charge in [0.2, 0.25) is 5.88 Å². The van der Waals surface area contributed by atoms with Gasteiger partial charge in [-0.2, -0.15) is 13.2 Å². The molecule has 0 saturated heterocycles. The zero-order valence-corrected chi connectivity index (χ0v) is 17.1. The van der Waals surface area contributed by atoms with Gasteiger partial charge in [-0.25, -0.2) is 14.8 Å². The first-order valence-corrected chi connectivity index (χ1v) is 9.49. The van der Waals surface area contributed by atoms with Gasteiger partial charge in [0.25, 0.3) is 5.91 Å². The van der Waals surface area contributed by atoms with Gasteiger partial charge in [0.05, 0.1) is 19.2 Å². The van der Waals surface area contributed by atoms with Crippen LogP contribution in [-0.2, 0) is 11.3 Å². The Morgan fingerprint density at radius 2 is 2.10 bits per heavy atom. The number of hydrogen-bond donors (Lipinski definition) is 1. The Labute approximate surface area is 176 Å². The summed E-state index contributed by atoms with van der Waals surface area (Å²) in [5.41, 5.74) is 2.01. The zero-order chi connectivity index (χ0) is 22.8. The van der Waals surface area contributed by atoms with Crippen LogP contribution in [0.2, 0.25) is 0 Å². The summed E-state index contributed by atoms with van der Waals surface area (Å²) < 4.78 is 46.7. The minimum Gasteiger partial charge on any atom is -0.468 e. The number of nitrogens with zero attached hydrogens (tertiary/aromatic N) is 3. The lowest BCUT2D eigenvalue weighted by molar-refractivity contribution is -0.154. The first-order valence-electron chi connectivity index (χ1n) is 9.49. The van der Waals surface area contributed by atoms with Crippen LogP contribution in [0.5, 0.6) is 5.88 Å². The highest BCUT2D eigenvalue weighted by Gasteiger charge is 2.34. The molecule has 166 valence electrons. The van der Waals surface area contributed by atoms with E-state index >= 15 is 0 Å². The molecule has 1 atom stereocenters. The highest BCUT2D eigenvalue weighted by atomic mass is 19.4. The molecule has 0 saturated carbocycles. The Bertz CT molecular complexity index is 997. The fourth-order valence-corrected chi connectivity index (χ4v) is 3.23. The van der Waals surface area contributed by atoms with Crippen LogP contribution in [0.3, 0.4) is 0 Å². The van der Waals surface area contributed by atoms with E-state index in [-0.39, 0.29) is 30.8 Å². The van der Waals surface area contributed by atoms with Crippen molar-refractivity contribution in [3.05, 3.63) is 46.8 Å². The number of carbonyl (C=O) groups excluding carboxylic acids is 2. The Kier molecular flexibility index (Phi) is 6.32. The van der Waals surface area contributed by atoms with Crippen LogP contribution >= 0.6 is 0 Å². The lowest BCUT2D eigenvalue weighted by Crippen LogP contribution is -2.27. The molecule has 2 aromatic rings. The molecule has 0 bridgehead atoms. The van der Waals surface area contributed by atoms with Crippen molar-refractivity contribution < 1.29 is 32.2 Å². The molecule has 3 heterocycles. The number of carbonyl (C=O) groups is 2. The van der Waals surface area contributed by atoms with E-state index in [9.17, 15) is 22.8 Å². The molecule has 0 aliphatic carbocycles. The number of anilines is 1. The summed E-state index contributed by atoms with van der Waals surface area (Å²) in [7, 11) is 0. The Hall–Kier alpha value is -3.37. The second-order valence-corrected chi connectivity index (χ2v) is 6.93. The van der Waals surface area contributed by atoms with Crippen LogP contribution in [-0.4, -0.2) is 46.3 Å². The molecular formula is C20H21F3N4O4. The summed E-state index contributed by atoms with van der Waals surface area (Å²) in [6.45, 7) is 3.99. The Balaban J connectivity index is 1.78. The molecule has 11 heteroatoms. The topological polar surface area (TPSA) is 93.7 Å². The van der Waals surface area contributed by atoms with E-state index in [1.165, 1.54) is 12.4 Å². The molecule has 3 rings (SSSR count). The van der Waals surface area contributed by atoms with Crippen LogP contribution in [0.15, 0.2) is 24.5 Å². The lowest BCUT2D eigenvalue weighted by atomic mass is 10.1. The Morgan fingerprint density at radius 1 is 1.35 bits per heavy atom. The maximum Gasteiger partial charge on any atom is 0.422 e. The molecule has 31 heavy (non-hydrogen) atoms. The monoisotopic (exact) mass is 438 g/mol. The maximum absolute atomic E-state index is 12.9. The molecule has 2 aromatic heterocycles. The van der Waals surface area contributed by atoms with Gasteiger partial charge in [-0.05, 0) is 38.5 Å². The summed E-state index contributed by atoms with van der Waals surface area (Å²) >= 11 is 0. The third kappa shape index (κ3) is 5.04. The normalized spacial score (nSPS) is 14.3. The second-order valence-electron chi connectivity index (χ2n) is 6.93. The lowest BCUT2D eigenvalue weighted by Gasteiger charge is -2.25. The van der Waals surface area contributed by atoms with E-state index in [2.05, 4.69) is 15.3 Å². The number of ether oxygens (including phenoxy) is 2. The molecule has 1 unspecified atom stereocenters. The molecule has 1 N–H and O–H groups in total. The van der Waals surface area contributed by atoms with Crippen molar-refractivity contribution in [1.82, 2.24) is 14.9 Å². The van der Waals surface area contributed by atoms with E-state index in [1.54, 1.807) is 37.8 Å². The predicted molar refractivity (Wildman–Crippen MR) is 104 cm³/mol. The fourth-order valence-electron chi connectivity index (χ4n) is 3.23. The summed E-state index contributed by atoms with van der Waals surface area (Å²) in [6, 6.07) is 2.77. The Morgan fingerprint density at radius 3 is 2.74 bits per heavy atom. The number of rotatable bonds is 6. The molecule has 0 aromatic carbocycles. The van der Waals surface area contributed by atoms with Gasteiger partial charge in [0.15, 0.2) is 6.61 Å². The van der Waals surface area contributed by atoms with Crippen LogP contribution in [0.1, 0.15) is 46.9 Å². The van der Waals surface area contributed by atoms with Gasteiger partial charge in [-0.15, -0.1) is 0 Å². The number of hydrogen-bond acceptors (Lipinski definition) is 6. The van der Waals surface area contributed by atoms with E-state index < -0.39 is 24.9 Å². The van der Waals surface area contributed by atoms with Gasteiger partial charge in [0, 0.05) is 29.1 Å². The van der Waals surface area contributed by atoms with Crippen LogP contribution in [0, 0.1) is 6.92 Å². The average Bonchev–Trinajstić information content (AvgIpc) is 3.04. The number of nitrogens with one attached hydrogen (secondary N) is 1.